The maximum Gasteiger partial charge on any atom is 0.227 e. The quantitative estimate of drug-likeness (QED) is 0.378. The lowest BCUT2D eigenvalue weighted by Gasteiger charge is -2.14. The van der Waals surface area contributed by atoms with Crippen LogP contribution in [0.2, 0.25) is 0 Å². The van der Waals surface area contributed by atoms with Crippen LogP contribution in [-0.2, 0) is 4.79 Å². The van der Waals surface area contributed by atoms with Crippen LogP contribution in [-0.4, -0.2) is 17.5 Å². The molecule has 1 fully saturated rings. The van der Waals surface area contributed by atoms with Crippen molar-refractivity contribution in [1.82, 2.24) is 0 Å². The first kappa shape index (κ1) is 16.5. The van der Waals surface area contributed by atoms with Gasteiger partial charge in [-0.2, -0.15) is 10.4 Å². The second kappa shape index (κ2) is 7.40. The summed E-state index contributed by atoms with van der Waals surface area (Å²) in [6, 6.07) is 7.13. The van der Waals surface area contributed by atoms with Gasteiger partial charge in [0.15, 0.2) is 5.84 Å². The summed E-state index contributed by atoms with van der Waals surface area (Å²) in [7, 11) is 0. The average Bonchev–Trinajstić information content (AvgIpc) is 3.05. The van der Waals surface area contributed by atoms with Gasteiger partial charge in [-0.3, -0.25) is 15.6 Å². The zero-order chi connectivity index (χ0) is 16.8. The van der Waals surface area contributed by atoms with E-state index >= 15 is 0 Å². The number of hydrazone groups is 1. The molecule has 1 aromatic rings. The molecular formula is C16H20N6O. The fourth-order valence-corrected chi connectivity index (χ4v) is 2.58. The fourth-order valence-electron chi connectivity index (χ4n) is 2.58. The molecular weight excluding hydrogens is 292 g/mol. The van der Waals surface area contributed by atoms with E-state index < -0.39 is 5.84 Å². The molecule has 0 aliphatic heterocycles. The van der Waals surface area contributed by atoms with E-state index in [-0.39, 0.29) is 17.5 Å². The Hall–Kier alpha value is -2.88. The molecule has 1 aromatic carbocycles. The maximum atomic E-state index is 12.2. The van der Waals surface area contributed by atoms with Crippen LogP contribution in [0, 0.1) is 29.6 Å². The third-order valence-corrected chi connectivity index (χ3v) is 3.97. The first-order valence-corrected chi connectivity index (χ1v) is 7.51. The van der Waals surface area contributed by atoms with Crippen molar-refractivity contribution in [2.24, 2.45) is 16.8 Å². The monoisotopic (exact) mass is 312 g/mol. The number of hydrogen-bond donors (Lipinski definition) is 4. The Labute approximate surface area is 135 Å². The zero-order valence-electron chi connectivity index (χ0n) is 13.0. The Bertz CT molecular complexity index is 682. The Morgan fingerprint density at radius 1 is 1.39 bits per heavy atom. The van der Waals surface area contributed by atoms with Gasteiger partial charge in [0.25, 0.3) is 0 Å². The minimum absolute atomic E-state index is 0.0488. The summed E-state index contributed by atoms with van der Waals surface area (Å²) in [4.78, 5) is 12.2. The number of nitriles is 1. The number of nitrogens with two attached hydrogens (primary N) is 1. The first-order chi connectivity index (χ1) is 11.0. The Balaban J connectivity index is 2.13. The van der Waals surface area contributed by atoms with E-state index in [9.17, 15) is 4.79 Å². The van der Waals surface area contributed by atoms with E-state index in [1.807, 2.05) is 13.0 Å². The SMILES string of the molecule is Cc1c(N/N=C(\C#N)C(=N)N)cccc1NC(=O)C1CCCC1. The lowest BCUT2D eigenvalue weighted by molar-refractivity contribution is -0.119. The molecule has 5 N–H and O–H groups in total. The molecule has 7 heteroatoms. The number of rotatable bonds is 5. The molecule has 1 amide bonds. The van der Waals surface area contributed by atoms with Crippen LogP contribution in [0.5, 0.6) is 0 Å². The van der Waals surface area contributed by atoms with E-state index in [2.05, 4.69) is 15.8 Å². The van der Waals surface area contributed by atoms with E-state index in [0.717, 1.165) is 31.2 Å². The van der Waals surface area contributed by atoms with Gasteiger partial charge in [0.05, 0.1) is 5.69 Å². The van der Waals surface area contributed by atoms with Crippen LogP contribution in [0.15, 0.2) is 23.3 Å². The highest BCUT2D eigenvalue weighted by Crippen LogP contribution is 2.28. The summed E-state index contributed by atoms with van der Waals surface area (Å²) in [6.45, 7) is 1.85. The van der Waals surface area contributed by atoms with Gasteiger partial charge in [-0.15, -0.1) is 0 Å². The standard InChI is InChI=1S/C16H20N6O/c1-10-12(20-16(23)11-5-2-3-6-11)7-4-8-13(10)21-22-14(9-17)15(18)19/h4,7-8,11,21H,2-3,5-6H2,1H3,(H3,18,19)(H,20,23)/b22-14+. The summed E-state index contributed by atoms with van der Waals surface area (Å²) < 4.78 is 0. The molecule has 1 aliphatic carbocycles. The molecule has 120 valence electrons. The van der Waals surface area contributed by atoms with Crippen molar-refractivity contribution in [2.45, 2.75) is 32.6 Å². The van der Waals surface area contributed by atoms with E-state index in [4.69, 9.17) is 16.4 Å². The third-order valence-electron chi connectivity index (χ3n) is 3.97. The number of nitrogens with zero attached hydrogens (tertiary/aromatic N) is 2. The highest BCUT2D eigenvalue weighted by Gasteiger charge is 2.23. The smallest absolute Gasteiger partial charge is 0.227 e. The van der Waals surface area contributed by atoms with Crippen LogP contribution in [0.1, 0.15) is 31.2 Å². The number of anilines is 2. The Morgan fingerprint density at radius 2 is 2.04 bits per heavy atom. The number of hydrogen-bond acceptors (Lipinski definition) is 5. The van der Waals surface area contributed by atoms with Gasteiger partial charge in [0.2, 0.25) is 11.6 Å². The summed E-state index contributed by atoms with van der Waals surface area (Å²) in [5, 5.41) is 22.8. The maximum absolute atomic E-state index is 12.2. The molecule has 0 spiro atoms. The second-order valence-corrected chi connectivity index (χ2v) is 5.55. The van der Waals surface area contributed by atoms with Crippen molar-refractivity contribution in [3.63, 3.8) is 0 Å². The molecule has 0 unspecified atom stereocenters. The normalized spacial score (nSPS) is 15.0. The van der Waals surface area contributed by atoms with Crippen LogP contribution in [0.25, 0.3) is 0 Å². The zero-order valence-corrected chi connectivity index (χ0v) is 13.0. The van der Waals surface area contributed by atoms with Crippen LogP contribution in [0.4, 0.5) is 11.4 Å². The van der Waals surface area contributed by atoms with E-state index in [1.165, 1.54) is 0 Å². The van der Waals surface area contributed by atoms with Crippen molar-refractivity contribution < 1.29 is 4.79 Å². The van der Waals surface area contributed by atoms with Gasteiger partial charge in [-0.05, 0) is 37.5 Å². The largest absolute Gasteiger partial charge is 0.382 e. The van der Waals surface area contributed by atoms with Gasteiger partial charge in [-0.25, -0.2) is 0 Å². The number of amidine groups is 1. The second-order valence-electron chi connectivity index (χ2n) is 5.55. The summed E-state index contributed by atoms with van der Waals surface area (Å²) in [6.07, 6.45) is 4.10. The number of nitrogens with one attached hydrogen (secondary N) is 3. The lowest BCUT2D eigenvalue weighted by atomic mass is 10.1. The lowest BCUT2D eigenvalue weighted by Crippen LogP contribution is -2.22. The molecule has 0 radical (unpaired) electrons. The molecule has 0 aromatic heterocycles. The Morgan fingerprint density at radius 3 is 2.65 bits per heavy atom. The summed E-state index contributed by atoms with van der Waals surface area (Å²) >= 11 is 0. The summed E-state index contributed by atoms with van der Waals surface area (Å²) in [5.41, 5.74) is 9.94. The van der Waals surface area contributed by atoms with Crippen molar-refractivity contribution in [3.05, 3.63) is 23.8 Å². The van der Waals surface area contributed by atoms with E-state index in [1.54, 1.807) is 18.2 Å². The fraction of sp³-hybridized carbons (Fsp3) is 0.375. The molecule has 7 nitrogen and oxygen atoms in total. The van der Waals surface area contributed by atoms with Gasteiger partial charge < -0.3 is 11.1 Å². The molecule has 0 bridgehead atoms. The molecule has 0 heterocycles. The first-order valence-electron chi connectivity index (χ1n) is 7.51. The Kier molecular flexibility index (Phi) is 5.31. The molecule has 23 heavy (non-hydrogen) atoms. The number of carbonyl (C=O) groups is 1. The topological polar surface area (TPSA) is 127 Å². The van der Waals surface area contributed by atoms with Gasteiger partial charge in [0.1, 0.15) is 6.07 Å². The molecule has 2 rings (SSSR count). The minimum Gasteiger partial charge on any atom is -0.382 e. The van der Waals surface area contributed by atoms with Crippen molar-refractivity contribution >= 4 is 28.8 Å². The number of benzene rings is 1. The van der Waals surface area contributed by atoms with Crippen molar-refractivity contribution in [1.29, 1.82) is 10.7 Å². The average molecular weight is 312 g/mol. The van der Waals surface area contributed by atoms with Crippen LogP contribution < -0.4 is 16.5 Å². The molecule has 1 saturated carbocycles. The number of amides is 1. The van der Waals surface area contributed by atoms with Crippen LogP contribution >= 0.6 is 0 Å². The predicted octanol–water partition coefficient (Wildman–Crippen LogP) is 2.35. The molecule has 0 saturated heterocycles. The van der Waals surface area contributed by atoms with Crippen LogP contribution in [0.3, 0.4) is 0 Å². The third kappa shape index (κ3) is 4.07. The summed E-state index contributed by atoms with van der Waals surface area (Å²) in [5.74, 6) is -0.261. The highest BCUT2D eigenvalue weighted by molar-refractivity contribution is 6.45. The predicted molar refractivity (Wildman–Crippen MR) is 90.4 cm³/mol. The minimum atomic E-state index is -0.400. The van der Waals surface area contributed by atoms with Crippen molar-refractivity contribution in [2.75, 3.05) is 10.7 Å². The van der Waals surface area contributed by atoms with Gasteiger partial charge in [0, 0.05) is 11.6 Å². The van der Waals surface area contributed by atoms with E-state index in [0.29, 0.717) is 11.4 Å². The molecule has 1 aliphatic rings. The van der Waals surface area contributed by atoms with Gasteiger partial charge >= 0.3 is 0 Å². The van der Waals surface area contributed by atoms with Gasteiger partial charge in [-0.1, -0.05) is 18.9 Å². The molecule has 0 atom stereocenters. The highest BCUT2D eigenvalue weighted by atomic mass is 16.1. The number of carbonyl (C=O) groups excluding carboxylic acids is 1. The van der Waals surface area contributed by atoms with Crippen molar-refractivity contribution in [3.8, 4) is 6.07 Å².